The van der Waals surface area contributed by atoms with Crippen molar-refractivity contribution in [3.8, 4) is 11.5 Å². The number of anilines is 2. The van der Waals surface area contributed by atoms with Gasteiger partial charge in [0.1, 0.15) is 22.9 Å². The van der Waals surface area contributed by atoms with Crippen molar-refractivity contribution in [1.82, 2.24) is 9.78 Å². The van der Waals surface area contributed by atoms with Crippen molar-refractivity contribution in [3.05, 3.63) is 107 Å². The maximum atomic E-state index is 13.2. The quantitative estimate of drug-likeness (QED) is 0.391. The van der Waals surface area contributed by atoms with Gasteiger partial charge in [-0.2, -0.15) is 5.10 Å². The van der Waals surface area contributed by atoms with Crippen molar-refractivity contribution in [2.45, 2.75) is 13.0 Å². The number of amides is 1. The van der Waals surface area contributed by atoms with E-state index in [1.165, 1.54) is 0 Å². The van der Waals surface area contributed by atoms with Crippen LogP contribution < -0.4 is 20.1 Å². The second-order valence-electron chi connectivity index (χ2n) is 8.33. The molecule has 0 aliphatic carbocycles. The highest BCUT2D eigenvalue weighted by molar-refractivity contribution is 6.08. The van der Waals surface area contributed by atoms with E-state index in [9.17, 15) is 4.79 Å². The van der Waals surface area contributed by atoms with E-state index in [1.807, 2.05) is 84.4 Å². The first-order valence-corrected chi connectivity index (χ1v) is 11.3. The van der Waals surface area contributed by atoms with E-state index in [0.29, 0.717) is 11.4 Å². The number of ether oxygens (including phenoxy) is 2. The second kappa shape index (κ2) is 9.38. The fourth-order valence-electron chi connectivity index (χ4n) is 4.09. The Bertz CT molecular complexity index is 1390. The van der Waals surface area contributed by atoms with Gasteiger partial charge in [-0.05, 0) is 55.0 Å². The Kier molecular flexibility index (Phi) is 5.97. The average molecular weight is 467 g/mol. The van der Waals surface area contributed by atoms with Gasteiger partial charge in [0, 0.05) is 16.9 Å². The molecule has 2 N–H and O–H groups in total. The molecular weight excluding hydrogens is 440 g/mol. The second-order valence-corrected chi connectivity index (χ2v) is 8.33. The lowest BCUT2D eigenvalue weighted by atomic mass is 10.0. The number of allylic oxidation sites excluding steroid dienone is 1. The van der Waals surface area contributed by atoms with Crippen LogP contribution in [-0.2, 0) is 0 Å². The van der Waals surface area contributed by atoms with Crippen molar-refractivity contribution in [1.29, 1.82) is 0 Å². The minimum atomic E-state index is -0.233. The lowest BCUT2D eigenvalue weighted by molar-refractivity contribution is 0.102. The largest absolute Gasteiger partial charge is 0.497 e. The molecule has 0 unspecified atom stereocenters. The standard InChI is InChI=1S/C28H26N4O3/c1-18-7-11-21(12-8-18)30-28(33)24-17-29-32-26(19-9-13-22(34-2)14-10-19)16-25(31-27(24)32)20-5-4-6-23(15-20)35-3/h4-17,26,31H,1-3H3,(H,30,33)/t26-/m0/s1. The van der Waals surface area contributed by atoms with E-state index in [4.69, 9.17) is 9.47 Å². The summed E-state index contributed by atoms with van der Waals surface area (Å²) in [5.41, 5.74) is 5.14. The molecule has 1 aliphatic rings. The summed E-state index contributed by atoms with van der Waals surface area (Å²) in [6.45, 7) is 2.01. The highest BCUT2D eigenvalue weighted by Crippen LogP contribution is 2.36. The van der Waals surface area contributed by atoms with E-state index in [1.54, 1.807) is 20.4 Å². The maximum absolute atomic E-state index is 13.2. The summed E-state index contributed by atoms with van der Waals surface area (Å²) in [5, 5.41) is 11.0. The van der Waals surface area contributed by atoms with Crippen LogP contribution >= 0.6 is 0 Å². The molecule has 7 heteroatoms. The molecule has 4 aromatic rings. The summed E-state index contributed by atoms with van der Waals surface area (Å²) in [4.78, 5) is 13.2. The van der Waals surface area contributed by atoms with Crippen LogP contribution in [0, 0.1) is 6.92 Å². The summed E-state index contributed by atoms with van der Waals surface area (Å²) in [6.07, 6.45) is 3.70. The molecule has 3 aromatic carbocycles. The lowest BCUT2D eigenvalue weighted by Crippen LogP contribution is -2.22. The van der Waals surface area contributed by atoms with Gasteiger partial charge in [-0.1, -0.05) is 42.0 Å². The first-order chi connectivity index (χ1) is 17.1. The van der Waals surface area contributed by atoms with E-state index >= 15 is 0 Å². The number of rotatable bonds is 6. The summed E-state index contributed by atoms with van der Waals surface area (Å²) in [5.74, 6) is 1.92. The van der Waals surface area contributed by atoms with Gasteiger partial charge in [-0.3, -0.25) is 4.79 Å². The Morgan fingerprint density at radius 3 is 2.43 bits per heavy atom. The molecule has 176 valence electrons. The molecule has 2 heterocycles. The molecule has 1 aromatic heterocycles. The van der Waals surface area contributed by atoms with Crippen LogP contribution in [0.1, 0.15) is 33.1 Å². The zero-order chi connectivity index (χ0) is 24.4. The fraction of sp³-hybridized carbons (Fsp3) is 0.143. The summed E-state index contributed by atoms with van der Waals surface area (Å²) >= 11 is 0. The zero-order valence-corrected chi connectivity index (χ0v) is 19.8. The number of benzene rings is 3. The Morgan fingerprint density at radius 2 is 1.71 bits per heavy atom. The third-order valence-corrected chi connectivity index (χ3v) is 6.03. The molecule has 35 heavy (non-hydrogen) atoms. The molecule has 5 rings (SSSR count). The van der Waals surface area contributed by atoms with Gasteiger partial charge in [0.25, 0.3) is 5.91 Å². The van der Waals surface area contributed by atoms with Crippen molar-refractivity contribution in [3.63, 3.8) is 0 Å². The zero-order valence-electron chi connectivity index (χ0n) is 19.8. The van der Waals surface area contributed by atoms with Crippen molar-refractivity contribution < 1.29 is 14.3 Å². The molecular formula is C28H26N4O3. The lowest BCUT2D eigenvalue weighted by Gasteiger charge is -2.26. The van der Waals surface area contributed by atoms with E-state index in [-0.39, 0.29) is 11.9 Å². The summed E-state index contributed by atoms with van der Waals surface area (Å²) in [6, 6.07) is 23.1. The van der Waals surface area contributed by atoms with Crippen LogP contribution in [0.15, 0.2) is 85.1 Å². The Labute approximate surface area is 204 Å². The molecule has 0 spiro atoms. The first-order valence-electron chi connectivity index (χ1n) is 11.3. The summed E-state index contributed by atoms with van der Waals surface area (Å²) in [7, 11) is 3.29. The topological polar surface area (TPSA) is 77.4 Å². The molecule has 0 bridgehead atoms. The number of carbonyl (C=O) groups excluding carboxylic acids is 1. The number of nitrogens with one attached hydrogen (secondary N) is 2. The van der Waals surface area contributed by atoms with Crippen LogP contribution in [0.5, 0.6) is 11.5 Å². The van der Waals surface area contributed by atoms with Crippen molar-refractivity contribution >= 4 is 23.1 Å². The molecule has 0 saturated carbocycles. The van der Waals surface area contributed by atoms with Crippen LogP contribution in [0.2, 0.25) is 0 Å². The predicted molar refractivity (Wildman–Crippen MR) is 137 cm³/mol. The third-order valence-electron chi connectivity index (χ3n) is 6.03. The smallest absolute Gasteiger partial charge is 0.261 e. The normalized spacial score (nSPS) is 14.4. The van der Waals surface area contributed by atoms with Gasteiger partial charge in [0.2, 0.25) is 0 Å². The van der Waals surface area contributed by atoms with Gasteiger partial charge in [-0.25, -0.2) is 4.68 Å². The number of aryl methyl sites for hydroxylation is 1. The maximum Gasteiger partial charge on any atom is 0.261 e. The number of hydrogen-bond donors (Lipinski definition) is 2. The van der Waals surface area contributed by atoms with Crippen molar-refractivity contribution in [2.75, 3.05) is 24.9 Å². The SMILES string of the molecule is COc1ccc([C@@H]2C=C(c3cccc(OC)c3)Nc3c(C(=O)Nc4ccc(C)cc4)cnn32)cc1. The molecule has 0 saturated heterocycles. The highest BCUT2D eigenvalue weighted by Gasteiger charge is 2.28. The number of methoxy groups -OCH3 is 2. The van der Waals surface area contributed by atoms with E-state index < -0.39 is 0 Å². The Balaban J connectivity index is 1.55. The van der Waals surface area contributed by atoms with Crippen molar-refractivity contribution in [2.24, 2.45) is 0 Å². The van der Waals surface area contributed by atoms with Gasteiger partial charge in [-0.15, -0.1) is 0 Å². The molecule has 1 amide bonds. The summed E-state index contributed by atoms with van der Waals surface area (Å²) < 4.78 is 12.6. The molecule has 7 nitrogen and oxygen atoms in total. The highest BCUT2D eigenvalue weighted by atomic mass is 16.5. The van der Waals surface area contributed by atoms with Crippen LogP contribution in [0.4, 0.5) is 11.5 Å². The molecule has 1 aliphatic heterocycles. The fourth-order valence-corrected chi connectivity index (χ4v) is 4.09. The minimum Gasteiger partial charge on any atom is -0.497 e. The third kappa shape index (κ3) is 4.48. The number of fused-ring (bicyclic) bond motifs is 1. The monoisotopic (exact) mass is 466 g/mol. The van der Waals surface area contributed by atoms with Crippen LogP contribution in [0.25, 0.3) is 5.70 Å². The number of aromatic nitrogens is 2. The van der Waals surface area contributed by atoms with Crippen LogP contribution in [-0.4, -0.2) is 29.9 Å². The van der Waals surface area contributed by atoms with Gasteiger partial charge in [0.05, 0.1) is 26.5 Å². The van der Waals surface area contributed by atoms with Gasteiger partial charge in [0.15, 0.2) is 0 Å². The molecule has 0 fully saturated rings. The van der Waals surface area contributed by atoms with Crippen LogP contribution in [0.3, 0.4) is 0 Å². The number of carbonyl (C=O) groups is 1. The minimum absolute atomic E-state index is 0.223. The van der Waals surface area contributed by atoms with Gasteiger partial charge >= 0.3 is 0 Å². The first kappa shape index (κ1) is 22.3. The molecule has 1 atom stereocenters. The Morgan fingerprint density at radius 1 is 0.971 bits per heavy atom. The number of nitrogens with zero attached hydrogens (tertiary/aromatic N) is 2. The van der Waals surface area contributed by atoms with E-state index in [2.05, 4.69) is 21.8 Å². The van der Waals surface area contributed by atoms with Gasteiger partial charge < -0.3 is 20.1 Å². The average Bonchev–Trinajstić information content (AvgIpc) is 3.34. The Hall–Kier alpha value is -4.52. The van der Waals surface area contributed by atoms with E-state index in [0.717, 1.165) is 39.6 Å². The number of hydrogen-bond acceptors (Lipinski definition) is 5. The molecule has 0 radical (unpaired) electrons. The predicted octanol–water partition coefficient (Wildman–Crippen LogP) is 5.52.